The summed E-state index contributed by atoms with van der Waals surface area (Å²) in [4.78, 5) is 13.5. The highest BCUT2D eigenvalue weighted by Crippen LogP contribution is 2.03. The number of fused-ring (bicyclic) bond motifs is 1. The summed E-state index contributed by atoms with van der Waals surface area (Å²) in [5, 5.41) is 0. The van der Waals surface area contributed by atoms with Gasteiger partial charge in [-0.3, -0.25) is 4.57 Å². The van der Waals surface area contributed by atoms with E-state index in [-0.39, 0.29) is 5.69 Å². The van der Waals surface area contributed by atoms with Crippen molar-refractivity contribution < 1.29 is 4.74 Å². The maximum atomic E-state index is 11.0. The Morgan fingerprint density at radius 3 is 3.27 bits per heavy atom. The van der Waals surface area contributed by atoms with Crippen molar-refractivity contribution in [1.82, 2.24) is 9.55 Å². The van der Waals surface area contributed by atoms with E-state index < -0.39 is 0 Å². The standard InChI is InChI=1S/C7H6N2O2/c10-7-8-5-6-1-3-11-4-2-9(6)7/h1-5H,(H,8,10). The van der Waals surface area contributed by atoms with E-state index in [1.807, 2.05) is 0 Å². The van der Waals surface area contributed by atoms with E-state index in [2.05, 4.69) is 4.98 Å². The van der Waals surface area contributed by atoms with Crippen LogP contribution in [0.4, 0.5) is 0 Å². The van der Waals surface area contributed by atoms with Crippen molar-refractivity contribution in [2.24, 2.45) is 0 Å². The largest absolute Gasteiger partial charge is 0.471 e. The van der Waals surface area contributed by atoms with E-state index in [0.717, 1.165) is 5.69 Å². The molecule has 1 aromatic rings. The smallest absolute Gasteiger partial charge is 0.330 e. The summed E-state index contributed by atoms with van der Waals surface area (Å²) >= 11 is 0. The summed E-state index contributed by atoms with van der Waals surface area (Å²) < 4.78 is 6.32. The number of nitrogens with zero attached hydrogens (tertiary/aromatic N) is 1. The predicted octanol–water partition coefficient (Wildman–Crippen LogP) is 0.605. The number of hydrogen-bond donors (Lipinski definition) is 1. The molecule has 0 atom stereocenters. The van der Waals surface area contributed by atoms with Gasteiger partial charge in [0, 0.05) is 12.4 Å². The molecule has 0 aromatic carbocycles. The van der Waals surface area contributed by atoms with Gasteiger partial charge in [0.25, 0.3) is 0 Å². The van der Waals surface area contributed by atoms with E-state index in [9.17, 15) is 4.79 Å². The number of rotatable bonds is 0. The molecule has 1 aromatic heterocycles. The second-order valence-electron chi connectivity index (χ2n) is 2.11. The molecule has 2 heterocycles. The zero-order valence-electron chi connectivity index (χ0n) is 5.65. The maximum Gasteiger partial charge on any atom is 0.330 e. The molecule has 0 saturated carbocycles. The first-order chi connectivity index (χ1) is 5.38. The minimum Gasteiger partial charge on any atom is -0.471 e. The number of nitrogens with one attached hydrogen (secondary N) is 1. The fraction of sp³-hybridized carbons (Fsp3) is 0. The van der Waals surface area contributed by atoms with Crippen LogP contribution in [0.2, 0.25) is 0 Å². The number of aromatic nitrogens is 2. The molecule has 1 aliphatic heterocycles. The third kappa shape index (κ3) is 0.881. The third-order valence-corrected chi connectivity index (χ3v) is 1.45. The molecule has 0 amide bonds. The Hall–Kier alpha value is -1.71. The number of ether oxygens (including phenoxy) is 1. The lowest BCUT2D eigenvalue weighted by Gasteiger charge is -1.89. The van der Waals surface area contributed by atoms with Gasteiger partial charge in [-0.05, 0) is 6.08 Å². The first-order valence-electron chi connectivity index (χ1n) is 3.16. The number of hydrogen-bond acceptors (Lipinski definition) is 2. The number of H-pyrrole nitrogens is 1. The van der Waals surface area contributed by atoms with Gasteiger partial charge < -0.3 is 9.72 Å². The summed E-state index contributed by atoms with van der Waals surface area (Å²) in [5.74, 6) is 0. The summed E-state index contributed by atoms with van der Waals surface area (Å²) in [7, 11) is 0. The van der Waals surface area contributed by atoms with Crippen LogP contribution in [0.3, 0.4) is 0 Å². The molecule has 4 heteroatoms. The van der Waals surface area contributed by atoms with E-state index in [4.69, 9.17) is 4.74 Å². The van der Waals surface area contributed by atoms with Crippen molar-refractivity contribution in [3.63, 3.8) is 0 Å². The Morgan fingerprint density at radius 2 is 2.36 bits per heavy atom. The zero-order chi connectivity index (χ0) is 7.68. The molecule has 11 heavy (non-hydrogen) atoms. The fourth-order valence-electron chi connectivity index (χ4n) is 0.925. The van der Waals surface area contributed by atoms with Gasteiger partial charge in [-0.1, -0.05) is 0 Å². The van der Waals surface area contributed by atoms with Gasteiger partial charge >= 0.3 is 5.69 Å². The van der Waals surface area contributed by atoms with Gasteiger partial charge in [0.2, 0.25) is 0 Å². The van der Waals surface area contributed by atoms with Crippen molar-refractivity contribution in [1.29, 1.82) is 0 Å². The fourth-order valence-corrected chi connectivity index (χ4v) is 0.925. The Bertz CT molecular complexity index is 370. The van der Waals surface area contributed by atoms with Crippen LogP contribution in [0.1, 0.15) is 5.69 Å². The van der Waals surface area contributed by atoms with Crippen LogP contribution in [0.15, 0.2) is 23.5 Å². The molecule has 0 fully saturated rings. The van der Waals surface area contributed by atoms with Crippen molar-refractivity contribution in [2.45, 2.75) is 0 Å². The lowest BCUT2D eigenvalue weighted by atomic mass is 10.4. The van der Waals surface area contributed by atoms with Gasteiger partial charge in [0.15, 0.2) is 0 Å². The molecule has 56 valence electrons. The van der Waals surface area contributed by atoms with Crippen LogP contribution < -0.4 is 5.69 Å². The average molecular weight is 150 g/mol. The molecule has 4 nitrogen and oxygen atoms in total. The van der Waals surface area contributed by atoms with E-state index >= 15 is 0 Å². The molecule has 0 bridgehead atoms. The number of aromatic amines is 1. The Labute approximate surface area is 62.4 Å². The highest BCUT2D eigenvalue weighted by Gasteiger charge is 2.00. The first-order valence-corrected chi connectivity index (χ1v) is 3.16. The molecule has 1 aliphatic rings. The van der Waals surface area contributed by atoms with Gasteiger partial charge in [-0.15, -0.1) is 0 Å². The van der Waals surface area contributed by atoms with Crippen LogP contribution in [0.5, 0.6) is 0 Å². The molecule has 2 rings (SSSR count). The van der Waals surface area contributed by atoms with Gasteiger partial charge in [-0.2, -0.15) is 0 Å². The van der Waals surface area contributed by atoms with Crippen LogP contribution in [-0.4, -0.2) is 9.55 Å². The molecular formula is C7H6N2O2. The van der Waals surface area contributed by atoms with Gasteiger partial charge in [-0.25, -0.2) is 4.79 Å². The monoisotopic (exact) mass is 150 g/mol. The predicted molar refractivity (Wildman–Crippen MR) is 40.5 cm³/mol. The highest BCUT2D eigenvalue weighted by atomic mass is 16.5. The third-order valence-electron chi connectivity index (χ3n) is 1.45. The van der Waals surface area contributed by atoms with E-state index in [1.54, 1.807) is 18.5 Å². The van der Waals surface area contributed by atoms with Gasteiger partial charge in [0.1, 0.15) is 6.26 Å². The van der Waals surface area contributed by atoms with E-state index in [0.29, 0.717) is 0 Å². The average Bonchev–Trinajstić information content (AvgIpc) is 2.25. The molecule has 1 N–H and O–H groups in total. The molecule has 0 unspecified atom stereocenters. The Morgan fingerprint density at radius 1 is 1.45 bits per heavy atom. The Kier molecular flexibility index (Phi) is 1.18. The highest BCUT2D eigenvalue weighted by molar-refractivity contribution is 5.48. The molecule has 0 radical (unpaired) electrons. The second kappa shape index (κ2) is 2.16. The lowest BCUT2D eigenvalue weighted by molar-refractivity contribution is 0.410. The normalized spacial score (nSPS) is 13.8. The first kappa shape index (κ1) is 6.03. The Balaban J connectivity index is 2.70. The second-order valence-corrected chi connectivity index (χ2v) is 2.11. The van der Waals surface area contributed by atoms with E-state index in [1.165, 1.54) is 17.1 Å². The summed E-state index contributed by atoms with van der Waals surface area (Å²) in [6.07, 6.45) is 7.86. The van der Waals surface area contributed by atoms with Crippen molar-refractivity contribution >= 4 is 12.3 Å². The molecule has 0 saturated heterocycles. The summed E-state index contributed by atoms with van der Waals surface area (Å²) in [5.41, 5.74) is 0.621. The van der Waals surface area contributed by atoms with Gasteiger partial charge in [0.05, 0.1) is 12.0 Å². The van der Waals surface area contributed by atoms with Crippen molar-refractivity contribution in [2.75, 3.05) is 0 Å². The zero-order valence-corrected chi connectivity index (χ0v) is 5.65. The van der Waals surface area contributed by atoms with Crippen LogP contribution >= 0.6 is 0 Å². The summed E-state index contributed by atoms with van der Waals surface area (Å²) in [6, 6.07) is 0. The molecule has 0 aliphatic carbocycles. The maximum absolute atomic E-state index is 11.0. The van der Waals surface area contributed by atoms with Crippen LogP contribution in [-0.2, 0) is 4.74 Å². The molecular weight excluding hydrogens is 144 g/mol. The van der Waals surface area contributed by atoms with Crippen molar-refractivity contribution in [3.05, 3.63) is 34.9 Å². The number of imidazole rings is 1. The topological polar surface area (TPSA) is 47.0 Å². The summed E-state index contributed by atoms with van der Waals surface area (Å²) in [6.45, 7) is 0. The minimum absolute atomic E-state index is 0.161. The van der Waals surface area contributed by atoms with Crippen molar-refractivity contribution in [3.8, 4) is 0 Å². The quantitative estimate of drug-likeness (QED) is 0.588. The molecule has 0 spiro atoms. The van der Waals surface area contributed by atoms with Crippen LogP contribution in [0.25, 0.3) is 12.3 Å². The minimum atomic E-state index is -0.161. The van der Waals surface area contributed by atoms with Crippen LogP contribution in [0, 0.1) is 0 Å². The lowest BCUT2D eigenvalue weighted by Crippen LogP contribution is -2.11. The SMILES string of the molecule is O=c1[nH]cc2n1C=COC=C2.